The summed E-state index contributed by atoms with van der Waals surface area (Å²) in [7, 11) is 0. The van der Waals surface area contributed by atoms with E-state index >= 15 is 0 Å². The van der Waals surface area contributed by atoms with E-state index in [-0.39, 0.29) is 0 Å². The quantitative estimate of drug-likeness (QED) is 0.0800. The van der Waals surface area contributed by atoms with Gasteiger partial charge < -0.3 is 9.64 Å². The van der Waals surface area contributed by atoms with Gasteiger partial charge in [0.05, 0.1) is 11.4 Å². The number of para-hydroxylation sites is 2. The van der Waals surface area contributed by atoms with Gasteiger partial charge in [0.2, 0.25) is 0 Å². The van der Waals surface area contributed by atoms with Crippen molar-refractivity contribution in [2.24, 2.45) is 0 Å². The topological polar surface area (TPSA) is 12.5 Å². The number of aryl methyl sites for hydroxylation is 9. The molecule has 0 unspecified atom stereocenters. The van der Waals surface area contributed by atoms with Crippen molar-refractivity contribution in [1.29, 1.82) is 0 Å². The van der Waals surface area contributed by atoms with Crippen LogP contribution >= 0.6 is 0 Å². The molecule has 2 heteroatoms. The summed E-state index contributed by atoms with van der Waals surface area (Å²) in [5.74, 6) is 1.71. The predicted octanol–water partition coefficient (Wildman–Crippen LogP) is 22.2. The summed E-state index contributed by atoms with van der Waals surface area (Å²) in [4.78, 5) is 2.43. The number of hydrogen-bond donors (Lipinski definition) is 0. The summed E-state index contributed by atoms with van der Waals surface area (Å²) < 4.78 is 6.73. The lowest BCUT2D eigenvalue weighted by Gasteiger charge is -2.33. The first-order valence-electron chi connectivity index (χ1n) is 29.0. The van der Waals surface area contributed by atoms with Gasteiger partial charge in [0, 0.05) is 5.69 Å². The zero-order chi connectivity index (χ0) is 53.6. The molecular formula is C75H79NO. The summed E-state index contributed by atoms with van der Waals surface area (Å²) in [5.41, 5.74) is 29.9. The average Bonchev–Trinajstić information content (AvgIpc) is 3.44. The maximum atomic E-state index is 6.73. The second-order valence-electron chi connectivity index (χ2n) is 22.5. The van der Waals surface area contributed by atoms with Crippen LogP contribution in [-0.4, -0.2) is 0 Å². The van der Waals surface area contributed by atoms with E-state index < -0.39 is 0 Å². The Bertz CT molecular complexity index is 3240. The van der Waals surface area contributed by atoms with Gasteiger partial charge in [-0.05, 0) is 259 Å². The molecule has 0 amide bonds. The van der Waals surface area contributed by atoms with Gasteiger partial charge in [0.15, 0.2) is 11.5 Å². The largest absolute Gasteiger partial charge is 0.453 e. The first-order chi connectivity index (χ1) is 37.4. The number of ether oxygens (including phenoxy) is 1. The molecule has 2 nitrogen and oxygen atoms in total. The minimum atomic E-state index is 0.847. The van der Waals surface area contributed by atoms with Gasteiger partial charge in [-0.3, -0.25) is 0 Å². The SMILES string of the molecule is CCCCc1cc(C)cc(-c2cc(-c3cc(C)cc(CCCC)c3)cc(-c3cc(-c4cc(-c5cc(C)cc(CCCC)c5)cc(-c5cc(C)cc(CCCC)c5)c4)cc(N4c5ccccc5Oc5cc(C)ccc54)c3)c2)c1. The van der Waals surface area contributed by atoms with Crippen LogP contribution in [0.25, 0.3) is 66.8 Å². The van der Waals surface area contributed by atoms with Crippen LogP contribution in [0.1, 0.15) is 129 Å². The van der Waals surface area contributed by atoms with Crippen molar-refractivity contribution in [1.82, 2.24) is 0 Å². The third-order valence-electron chi connectivity index (χ3n) is 15.5. The monoisotopic (exact) mass is 1010 g/mol. The molecule has 0 aromatic heterocycles. The summed E-state index contributed by atoms with van der Waals surface area (Å²) in [6, 6.07) is 66.1. The summed E-state index contributed by atoms with van der Waals surface area (Å²) >= 11 is 0. The number of nitrogens with zero attached hydrogens (tertiary/aromatic N) is 1. The average molecular weight is 1010 g/mol. The van der Waals surface area contributed by atoms with Crippen LogP contribution in [0.15, 0.2) is 170 Å². The van der Waals surface area contributed by atoms with E-state index in [1.54, 1.807) is 0 Å². The molecule has 0 saturated carbocycles. The van der Waals surface area contributed by atoms with Gasteiger partial charge in [0.25, 0.3) is 0 Å². The predicted molar refractivity (Wildman–Crippen MR) is 332 cm³/mol. The molecule has 10 rings (SSSR count). The minimum Gasteiger partial charge on any atom is -0.453 e. The highest BCUT2D eigenvalue weighted by atomic mass is 16.5. The molecule has 0 saturated heterocycles. The summed E-state index contributed by atoms with van der Waals surface area (Å²) in [5, 5.41) is 0. The van der Waals surface area contributed by atoms with E-state index in [1.807, 2.05) is 0 Å². The summed E-state index contributed by atoms with van der Waals surface area (Å²) in [6.07, 6.45) is 13.7. The Balaban J connectivity index is 1.26. The molecule has 0 bridgehead atoms. The van der Waals surface area contributed by atoms with E-state index in [0.717, 1.165) is 70.9 Å². The highest BCUT2D eigenvalue weighted by molar-refractivity contribution is 5.93. The molecular weight excluding hydrogens is 931 g/mol. The smallest absolute Gasteiger partial charge is 0.151 e. The highest BCUT2D eigenvalue weighted by Crippen LogP contribution is 2.52. The molecule has 0 radical (unpaired) electrons. The van der Waals surface area contributed by atoms with E-state index in [9.17, 15) is 0 Å². The second kappa shape index (κ2) is 23.9. The molecule has 0 fully saturated rings. The first-order valence-corrected chi connectivity index (χ1v) is 29.0. The molecule has 9 aromatic carbocycles. The summed E-state index contributed by atoms with van der Waals surface area (Å²) in [6.45, 7) is 20.3. The molecule has 0 atom stereocenters. The van der Waals surface area contributed by atoms with Crippen molar-refractivity contribution in [3.63, 3.8) is 0 Å². The first kappa shape index (κ1) is 53.0. The van der Waals surface area contributed by atoms with Crippen molar-refractivity contribution in [3.05, 3.63) is 220 Å². The van der Waals surface area contributed by atoms with Gasteiger partial charge in [-0.2, -0.15) is 0 Å². The Labute approximate surface area is 461 Å². The number of benzene rings is 9. The van der Waals surface area contributed by atoms with Gasteiger partial charge in [0.1, 0.15) is 0 Å². The van der Waals surface area contributed by atoms with Gasteiger partial charge >= 0.3 is 0 Å². The Morgan fingerprint density at radius 1 is 0.286 bits per heavy atom. The van der Waals surface area contributed by atoms with Crippen LogP contribution in [0.4, 0.5) is 17.1 Å². The zero-order valence-electron chi connectivity index (χ0n) is 47.5. The van der Waals surface area contributed by atoms with Gasteiger partial charge in [-0.1, -0.05) is 167 Å². The fraction of sp³-hybridized carbons (Fsp3) is 0.280. The van der Waals surface area contributed by atoms with Crippen molar-refractivity contribution in [3.8, 4) is 78.3 Å². The maximum absolute atomic E-state index is 6.73. The Morgan fingerprint density at radius 2 is 0.597 bits per heavy atom. The number of fused-ring (bicyclic) bond motifs is 2. The number of anilines is 3. The molecule has 9 aromatic rings. The fourth-order valence-electron chi connectivity index (χ4n) is 11.7. The van der Waals surface area contributed by atoms with Crippen LogP contribution < -0.4 is 9.64 Å². The lowest BCUT2D eigenvalue weighted by atomic mass is 9.88. The lowest BCUT2D eigenvalue weighted by Crippen LogP contribution is -2.16. The van der Waals surface area contributed by atoms with Crippen LogP contribution in [0, 0.1) is 34.6 Å². The molecule has 0 spiro atoms. The highest BCUT2D eigenvalue weighted by Gasteiger charge is 2.27. The van der Waals surface area contributed by atoms with Gasteiger partial charge in [-0.25, -0.2) is 0 Å². The lowest BCUT2D eigenvalue weighted by molar-refractivity contribution is 0.476. The van der Waals surface area contributed by atoms with Crippen molar-refractivity contribution < 1.29 is 4.74 Å². The zero-order valence-corrected chi connectivity index (χ0v) is 47.5. The third kappa shape index (κ3) is 12.4. The van der Waals surface area contributed by atoms with Crippen LogP contribution in [0.3, 0.4) is 0 Å². The molecule has 0 N–H and O–H groups in total. The van der Waals surface area contributed by atoms with E-state index in [4.69, 9.17) is 4.74 Å². The fourth-order valence-corrected chi connectivity index (χ4v) is 11.7. The van der Waals surface area contributed by atoms with Crippen LogP contribution in [0.5, 0.6) is 11.5 Å². The maximum Gasteiger partial charge on any atom is 0.151 e. The number of unbranched alkanes of at least 4 members (excludes halogenated alkanes) is 4. The molecule has 1 aliphatic rings. The second-order valence-corrected chi connectivity index (χ2v) is 22.5. The van der Waals surface area contributed by atoms with Crippen molar-refractivity contribution in [2.75, 3.05) is 4.90 Å². The molecule has 1 heterocycles. The van der Waals surface area contributed by atoms with Crippen molar-refractivity contribution >= 4 is 17.1 Å². The Hall–Kier alpha value is -7.42. The van der Waals surface area contributed by atoms with E-state index in [1.165, 1.54) is 152 Å². The van der Waals surface area contributed by atoms with Crippen LogP contribution in [-0.2, 0) is 25.7 Å². The molecule has 77 heavy (non-hydrogen) atoms. The molecule has 390 valence electrons. The van der Waals surface area contributed by atoms with Crippen LogP contribution in [0.2, 0.25) is 0 Å². The third-order valence-corrected chi connectivity index (χ3v) is 15.5. The Morgan fingerprint density at radius 3 is 0.948 bits per heavy atom. The number of rotatable bonds is 19. The molecule has 1 aliphatic heterocycles. The van der Waals surface area contributed by atoms with E-state index in [2.05, 4.69) is 237 Å². The standard InChI is InChI=1S/C75H79NO/c1-10-14-20-55-28-51(6)32-59(37-55)63-41-64(60-33-52(7)29-56(38-60)21-15-11-2)44-67(43-63)69-47-70(49-71(48-69)76-72-24-18-19-25-74(72)77-75-36-50(5)26-27-73(75)76)68-45-65(61-34-53(8)30-57(39-61)22-16-12-3)42-66(46-68)62-35-54(9)31-58(40-62)23-17-13-4/h18-19,24-49H,10-17,20-23H2,1-9H3. The van der Waals surface area contributed by atoms with E-state index in [0.29, 0.717) is 0 Å². The van der Waals surface area contributed by atoms with Crippen molar-refractivity contribution in [2.45, 2.75) is 139 Å². The molecule has 0 aliphatic carbocycles. The minimum absolute atomic E-state index is 0.847. The normalized spacial score (nSPS) is 11.9. The van der Waals surface area contributed by atoms with Gasteiger partial charge in [-0.15, -0.1) is 0 Å². The number of hydrogen-bond acceptors (Lipinski definition) is 2. The Kier molecular flexibility index (Phi) is 16.4.